The van der Waals surface area contributed by atoms with E-state index in [1.807, 2.05) is 102 Å². The van der Waals surface area contributed by atoms with Crippen LogP contribution in [0.3, 0.4) is 0 Å². The number of amides is 4. The second kappa shape index (κ2) is 19.5. The van der Waals surface area contributed by atoms with Gasteiger partial charge in [0.1, 0.15) is 12.1 Å². The van der Waals surface area contributed by atoms with E-state index in [2.05, 4.69) is 21.3 Å². The molecule has 11 nitrogen and oxygen atoms in total. The third kappa shape index (κ3) is 11.8. The van der Waals surface area contributed by atoms with Crippen LogP contribution in [0, 0.1) is 5.92 Å². The smallest absolute Gasteiger partial charge is 0.307 e. The first kappa shape index (κ1) is 40.3. The summed E-state index contributed by atoms with van der Waals surface area (Å²) in [6.45, 7) is 0. The van der Waals surface area contributed by atoms with Crippen molar-refractivity contribution in [1.82, 2.24) is 16.0 Å². The minimum atomic E-state index is -1.19. The van der Waals surface area contributed by atoms with Crippen molar-refractivity contribution in [2.24, 2.45) is 5.92 Å². The molecule has 12 heteroatoms. The van der Waals surface area contributed by atoms with Gasteiger partial charge in [-0.1, -0.05) is 103 Å². The van der Waals surface area contributed by atoms with E-state index in [9.17, 15) is 33.9 Å². The first-order valence-corrected chi connectivity index (χ1v) is 19.7. The van der Waals surface area contributed by atoms with Crippen LogP contribution < -0.4 is 21.3 Å². The van der Waals surface area contributed by atoms with Gasteiger partial charge in [-0.2, -0.15) is 0 Å². The number of aliphatic carboxylic acids is 1. The van der Waals surface area contributed by atoms with E-state index in [0.29, 0.717) is 11.3 Å². The second-order valence-corrected chi connectivity index (χ2v) is 15.2. The molecule has 0 spiro atoms. The van der Waals surface area contributed by atoms with Gasteiger partial charge in [0.05, 0.1) is 12.0 Å². The zero-order valence-corrected chi connectivity index (χ0v) is 32.0. The predicted molar refractivity (Wildman–Crippen MR) is 218 cm³/mol. The number of ketones is 1. The Morgan fingerprint density at radius 3 is 1.81 bits per heavy atom. The van der Waals surface area contributed by atoms with Crippen LogP contribution in [-0.2, 0) is 54.5 Å². The van der Waals surface area contributed by atoms with E-state index < -0.39 is 59.4 Å². The number of thiophene rings is 1. The second-order valence-electron chi connectivity index (χ2n) is 14.1. The zero-order chi connectivity index (χ0) is 40.1. The van der Waals surface area contributed by atoms with Gasteiger partial charge in [-0.05, 0) is 64.2 Å². The molecule has 57 heavy (non-hydrogen) atoms. The monoisotopic (exact) mass is 784 g/mol. The lowest BCUT2D eigenvalue weighted by atomic mass is 9.90. The molecule has 292 valence electrons. The summed E-state index contributed by atoms with van der Waals surface area (Å²) >= 11 is 1.41. The minimum absolute atomic E-state index is 0.0325. The summed E-state index contributed by atoms with van der Waals surface area (Å²) in [5, 5.41) is 23.3. The Hall–Kier alpha value is -6.40. The summed E-state index contributed by atoms with van der Waals surface area (Å²) in [6, 6.07) is 33.4. The van der Waals surface area contributed by atoms with Crippen LogP contribution in [0.2, 0.25) is 0 Å². The van der Waals surface area contributed by atoms with Crippen LogP contribution in [-0.4, -0.2) is 58.6 Å². The summed E-state index contributed by atoms with van der Waals surface area (Å²) < 4.78 is 0. The van der Waals surface area contributed by atoms with E-state index in [1.165, 1.54) is 11.3 Å². The van der Waals surface area contributed by atoms with Crippen molar-refractivity contribution < 1.29 is 33.9 Å². The van der Waals surface area contributed by atoms with Crippen LogP contribution in [0.5, 0.6) is 0 Å². The lowest BCUT2D eigenvalue weighted by Crippen LogP contribution is -2.57. The van der Waals surface area contributed by atoms with Crippen LogP contribution in [0.4, 0.5) is 5.69 Å². The first-order valence-electron chi connectivity index (χ1n) is 18.8. The van der Waals surface area contributed by atoms with Crippen molar-refractivity contribution in [3.8, 4) is 11.1 Å². The quantitative estimate of drug-likeness (QED) is 0.129. The Balaban J connectivity index is 1.34. The van der Waals surface area contributed by atoms with Gasteiger partial charge in [-0.15, -0.1) is 11.3 Å². The molecule has 0 saturated heterocycles. The van der Waals surface area contributed by atoms with E-state index >= 15 is 0 Å². The number of carboxylic acids is 1. The number of carbonyl (C=O) groups is 6. The normalized spacial score (nSPS) is 20.0. The largest absolute Gasteiger partial charge is 0.481 e. The molecule has 0 saturated carbocycles. The van der Waals surface area contributed by atoms with Gasteiger partial charge >= 0.3 is 5.97 Å². The van der Waals surface area contributed by atoms with Crippen LogP contribution >= 0.6 is 11.3 Å². The molecule has 5 N–H and O–H groups in total. The number of nitrogens with one attached hydrogen (secondary N) is 4. The molecular formula is C45H44N4O7S. The number of anilines is 1. The average Bonchev–Trinajstić information content (AvgIpc) is 3.73. The third-order valence-electron chi connectivity index (χ3n) is 9.85. The van der Waals surface area contributed by atoms with E-state index in [1.54, 1.807) is 24.3 Å². The van der Waals surface area contributed by atoms with Crippen LogP contribution in [0.15, 0.2) is 127 Å². The van der Waals surface area contributed by atoms with Gasteiger partial charge in [0.2, 0.25) is 23.6 Å². The SMILES string of the molecule is O=C1CCC(=O)N[C@@H](Cc2cccs2)C(=O)N[C@H](Cc2ccc(-c3ccccc3)cc2)C(=O)N[C@H](Cc2ccccc2)C(=O)C[C@@H](C(=O)O)Cc2ccc(cc2)N1. The summed E-state index contributed by atoms with van der Waals surface area (Å²) in [4.78, 5) is 82.0. The molecule has 4 aromatic carbocycles. The molecule has 0 aliphatic carbocycles. The summed E-state index contributed by atoms with van der Waals surface area (Å²) in [5.41, 5.74) is 4.55. The molecule has 3 heterocycles. The van der Waals surface area contributed by atoms with Crippen molar-refractivity contribution in [2.75, 3.05) is 5.32 Å². The molecule has 4 amide bonds. The number of Topliss-reactive ketones (excluding diaryl/α,β-unsaturated/α-hetero) is 1. The fraction of sp³-hybridized carbons (Fsp3) is 0.244. The molecule has 4 atom stereocenters. The van der Waals surface area contributed by atoms with Crippen LogP contribution in [0.25, 0.3) is 11.1 Å². The molecular weight excluding hydrogens is 741 g/mol. The van der Waals surface area contributed by atoms with E-state index in [-0.39, 0.29) is 44.9 Å². The molecule has 0 unspecified atom stereocenters. The Morgan fingerprint density at radius 1 is 0.579 bits per heavy atom. The molecule has 2 aliphatic rings. The summed E-state index contributed by atoms with van der Waals surface area (Å²) in [5.74, 6) is -4.95. The number of fused-ring (bicyclic) bond motifs is 18. The van der Waals surface area contributed by atoms with Gasteiger partial charge in [0.25, 0.3) is 0 Å². The fourth-order valence-electron chi connectivity index (χ4n) is 6.75. The van der Waals surface area contributed by atoms with E-state index in [4.69, 9.17) is 0 Å². The molecule has 5 aromatic rings. The predicted octanol–water partition coefficient (Wildman–Crippen LogP) is 5.53. The fourth-order valence-corrected chi connectivity index (χ4v) is 7.50. The highest BCUT2D eigenvalue weighted by atomic mass is 32.1. The highest BCUT2D eigenvalue weighted by Crippen LogP contribution is 2.22. The number of hydrogen-bond donors (Lipinski definition) is 5. The van der Waals surface area contributed by atoms with Gasteiger partial charge < -0.3 is 26.4 Å². The van der Waals surface area contributed by atoms with Crippen molar-refractivity contribution >= 4 is 52.4 Å². The average molecular weight is 785 g/mol. The Kier molecular flexibility index (Phi) is 13.7. The maximum atomic E-state index is 14.4. The molecule has 1 aromatic heterocycles. The van der Waals surface area contributed by atoms with Crippen molar-refractivity contribution in [2.45, 2.75) is 63.1 Å². The number of carboxylic acid groups (broad SMARTS) is 1. The van der Waals surface area contributed by atoms with Gasteiger partial charge in [-0.3, -0.25) is 28.8 Å². The number of hydrogen-bond acceptors (Lipinski definition) is 7. The summed E-state index contributed by atoms with van der Waals surface area (Å²) in [7, 11) is 0. The summed E-state index contributed by atoms with van der Waals surface area (Å²) in [6.07, 6.45) is -0.402. The number of benzene rings is 4. The molecule has 7 rings (SSSR count). The molecule has 0 radical (unpaired) electrons. The Labute approximate surface area is 334 Å². The highest BCUT2D eigenvalue weighted by molar-refractivity contribution is 7.09. The maximum absolute atomic E-state index is 14.4. The van der Waals surface area contributed by atoms with Crippen molar-refractivity contribution in [1.29, 1.82) is 0 Å². The van der Waals surface area contributed by atoms with Gasteiger partial charge in [0, 0.05) is 42.7 Å². The molecule has 2 bridgehead atoms. The lowest BCUT2D eigenvalue weighted by molar-refractivity contribution is -0.144. The van der Waals surface area contributed by atoms with Crippen molar-refractivity contribution in [3.05, 3.63) is 148 Å². The number of rotatable bonds is 8. The lowest BCUT2D eigenvalue weighted by Gasteiger charge is -2.26. The topological polar surface area (TPSA) is 171 Å². The van der Waals surface area contributed by atoms with Crippen LogP contribution in [0.1, 0.15) is 40.8 Å². The molecule has 2 aliphatic heterocycles. The highest BCUT2D eigenvalue weighted by Gasteiger charge is 2.32. The van der Waals surface area contributed by atoms with Gasteiger partial charge in [0.15, 0.2) is 5.78 Å². The third-order valence-corrected chi connectivity index (χ3v) is 10.8. The van der Waals surface area contributed by atoms with E-state index in [0.717, 1.165) is 27.1 Å². The van der Waals surface area contributed by atoms with Gasteiger partial charge in [-0.25, -0.2) is 0 Å². The maximum Gasteiger partial charge on any atom is 0.307 e. The Morgan fingerprint density at radius 2 is 1.16 bits per heavy atom. The van der Waals surface area contributed by atoms with Crippen molar-refractivity contribution in [3.63, 3.8) is 0 Å². The number of carbonyl (C=O) groups excluding carboxylic acids is 5. The minimum Gasteiger partial charge on any atom is -0.481 e. The Bertz CT molecular complexity index is 2160. The zero-order valence-electron chi connectivity index (χ0n) is 31.2. The first-order chi connectivity index (χ1) is 27.6. The molecule has 0 fully saturated rings. The standard InChI is InChI=1S/C45H44N4O7S/c50-40-27-34(45(55)56)24-30-15-19-35(20-16-30)46-41(51)21-22-42(52)47-39(28-36-12-7-23-57-36)44(54)49-38(43(53)48-37(40)25-29-8-3-1-4-9-29)26-31-13-17-33(18-14-31)32-10-5-2-6-11-32/h1-20,23,34,37-39H,21-22,24-28H2,(H,46,51)(H,47,52)(H,48,53)(H,49,54)(H,55,56)/t34-,37+,38+,39-/m0/s1.